The van der Waals surface area contributed by atoms with Crippen molar-refractivity contribution in [3.8, 4) is 0 Å². The van der Waals surface area contributed by atoms with Gasteiger partial charge in [0.05, 0.1) is 12.3 Å². The van der Waals surface area contributed by atoms with Crippen LogP contribution in [0.25, 0.3) is 0 Å². The van der Waals surface area contributed by atoms with E-state index in [2.05, 4.69) is 10.3 Å². The number of hydrogen-bond donors (Lipinski definition) is 1. The first-order chi connectivity index (χ1) is 10.7. The summed E-state index contributed by atoms with van der Waals surface area (Å²) >= 11 is 1.52. The maximum atomic E-state index is 12.4. The number of alkyl carbamates (subject to hydrolysis) is 1. The summed E-state index contributed by atoms with van der Waals surface area (Å²) in [6.07, 6.45) is 5.49. The lowest BCUT2D eigenvalue weighted by atomic mass is 9.95. The average molecular weight is 321 g/mol. The second kappa shape index (κ2) is 6.56. The van der Waals surface area contributed by atoms with Crippen LogP contribution in [0.15, 0.2) is 29.4 Å². The molecular weight excluding hydrogens is 302 g/mol. The van der Waals surface area contributed by atoms with E-state index >= 15 is 0 Å². The Bertz CT molecular complexity index is 554. The number of carbonyl (C=O) groups excluding carboxylic acids is 2. The van der Waals surface area contributed by atoms with E-state index < -0.39 is 5.60 Å². The molecule has 0 unspecified atom stereocenters. The van der Waals surface area contributed by atoms with E-state index in [1.807, 2.05) is 17.0 Å². The third-order valence-electron chi connectivity index (χ3n) is 4.13. The first kappa shape index (κ1) is 15.1. The molecule has 2 aliphatic rings. The van der Waals surface area contributed by atoms with Crippen molar-refractivity contribution in [1.29, 1.82) is 0 Å². The van der Waals surface area contributed by atoms with Crippen molar-refractivity contribution in [2.24, 2.45) is 0 Å². The van der Waals surface area contributed by atoms with Crippen LogP contribution in [-0.4, -0.2) is 52.9 Å². The monoisotopic (exact) mass is 321 g/mol. The first-order valence-electron chi connectivity index (χ1n) is 7.44. The Kier molecular flexibility index (Phi) is 4.52. The van der Waals surface area contributed by atoms with Crippen molar-refractivity contribution in [3.63, 3.8) is 0 Å². The van der Waals surface area contributed by atoms with Crippen molar-refractivity contribution in [2.45, 2.75) is 29.8 Å². The second-order valence-corrected chi connectivity index (χ2v) is 6.68. The Morgan fingerprint density at radius 2 is 2.18 bits per heavy atom. The van der Waals surface area contributed by atoms with Crippen LogP contribution in [0, 0.1) is 0 Å². The SMILES string of the molecule is O=C1NC[C@@]2(CCCN(C(=O)CSc3ccncc3)CC2)O1. The normalized spacial score (nSPS) is 24.7. The van der Waals surface area contributed by atoms with Crippen LogP contribution in [0.5, 0.6) is 0 Å². The van der Waals surface area contributed by atoms with Gasteiger partial charge in [-0.25, -0.2) is 4.79 Å². The lowest BCUT2D eigenvalue weighted by Crippen LogP contribution is -2.37. The summed E-state index contributed by atoms with van der Waals surface area (Å²) in [5.41, 5.74) is -0.412. The van der Waals surface area contributed by atoms with E-state index in [-0.39, 0.29) is 12.0 Å². The number of pyridine rings is 1. The van der Waals surface area contributed by atoms with Gasteiger partial charge in [-0.15, -0.1) is 11.8 Å². The topological polar surface area (TPSA) is 71.5 Å². The number of thioether (sulfide) groups is 1. The molecule has 0 saturated carbocycles. The molecule has 6 nitrogen and oxygen atoms in total. The number of nitrogens with one attached hydrogen (secondary N) is 1. The van der Waals surface area contributed by atoms with E-state index in [9.17, 15) is 9.59 Å². The van der Waals surface area contributed by atoms with Crippen molar-refractivity contribution in [2.75, 3.05) is 25.4 Å². The quantitative estimate of drug-likeness (QED) is 0.857. The van der Waals surface area contributed by atoms with Gasteiger partial charge in [-0.05, 0) is 25.0 Å². The molecule has 22 heavy (non-hydrogen) atoms. The minimum atomic E-state index is -0.412. The molecule has 118 valence electrons. The number of carbonyl (C=O) groups is 2. The van der Waals surface area contributed by atoms with Gasteiger partial charge in [0.1, 0.15) is 5.60 Å². The predicted molar refractivity (Wildman–Crippen MR) is 82.6 cm³/mol. The minimum Gasteiger partial charge on any atom is -0.441 e. The number of likely N-dealkylation sites (tertiary alicyclic amines) is 1. The van der Waals surface area contributed by atoms with Gasteiger partial charge in [0.2, 0.25) is 5.91 Å². The molecule has 2 aliphatic heterocycles. The summed E-state index contributed by atoms with van der Waals surface area (Å²) in [5, 5.41) is 2.72. The van der Waals surface area contributed by atoms with Crippen LogP contribution in [0.3, 0.4) is 0 Å². The lowest BCUT2D eigenvalue weighted by molar-refractivity contribution is -0.128. The smallest absolute Gasteiger partial charge is 0.407 e. The zero-order valence-corrected chi connectivity index (χ0v) is 13.1. The number of amides is 2. The summed E-state index contributed by atoms with van der Waals surface area (Å²) < 4.78 is 5.43. The molecule has 2 fully saturated rings. The number of hydrogen-bond acceptors (Lipinski definition) is 5. The van der Waals surface area contributed by atoms with Gasteiger partial charge in [-0.1, -0.05) is 0 Å². The number of rotatable bonds is 3. The molecule has 3 heterocycles. The Labute approximate surface area is 133 Å². The summed E-state index contributed by atoms with van der Waals surface area (Å²) in [6.45, 7) is 1.93. The maximum Gasteiger partial charge on any atom is 0.407 e. The molecule has 0 radical (unpaired) electrons. The van der Waals surface area contributed by atoms with Crippen LogP contribution in [0.1, 0.15) is 19.3 Å². The van der Waals surface area contributed by atoms with Crippen molar-refractivity contribution in [1.82, 2.24) is 15.2 Å². The molecular formula is C15H19N3O3S. The summed E-state index contributed by atoms with van der Waals surface area (Å²) in [4.78, 5) is 30.5. The fourth-order valence-corrected chi connectivity index (χ4v) is 3.66. The molecule has 1 aromatic rings. The molecule has 0 aromatic carbocycles. The van der Waals surface area contributed by atoms with Gasteiger partial charge >= 0.3 is 6.09 Å². The Morgan fingerprint density at radius 3 is 2.91 bits per heavy atom. The zero-order chi connectivity index (χ0) is 15.4. The summed E-state index contributed by atoms with van der Waals surface area (Å²) in [5.74, 6) is 0.561. The van der Waals surface area contributed by atoms with Gasteiger partial charge in [0, 0.05) is 36.8 Å². The van der Waals surface area contributed by atoms with E-state index in [4.69, 9.17) is 4.74 Å². The minimum absolute atomic E-state index is 0.135. The molecule has 7 heteroatoms. The lowest BCUT2D eigenvalue weighted by Gasteiger charge is -2.25. The highest BCUT2D eigenvalue weighted by Crippen LogP contribution is 2.29. The van der Waals surface area contributed by atoms with E-state index in [1.54, 1.807) is 12.4 Å². The van der Waals surface area contributed by atoms with Crippen LogP contribution < -0.4 is 5.32 Å². The molecule has 0 aliphatic carbocycles. The van der Waals surface area contributed by atoms with E-state index in [0.29, 0.717) is 25.3 Å². The average Bonchev–Trinajstić information content (AvgIpc) is 2.77. The molecule has 1 spiro atoms. The molecule has 1 aromatic heterocycles. The van der Waals surface area contributed by atoms with Crippen LogP contribution in [0.4, 0.5) is 4.79 Å². The molecule has 3 rings (SSSR count). The second-order valence-electron chi connectivity index (χ2n) is 5.63. The highest BCUT2D eigenvalue weighted by atomic mass is 32.2. The molecule has 0 bridgehead atoms. The zero-order valence-electron chi connectivity index (χ0n) is 12.3. The highest BCUT2D eigenvalue weighted by Gasteiger charge is 2.41. The van der Waals surface area contributed by atoms with Gasteiger partial charge < -0.3 is 15.0 Å². The van der Waals surface area contributed by atoms with Gasteiger partial charge in [-0.3, -0.25) is 9.78 Å². The van der Waals surface area contributed by atoms with Gasteiger partial charge in [-0.2, -0.15) is 0 Å². The Hall–Kier alpha value is -1.76. The number of ether oxygens (including phenoxy) is 1. The maximum absolute atomic E-state index is 12.4. The summed E-state index contributed by atoms with van der Waals surface area (Å²) in [6, 6.07) is 3.80. The third-order valence-corrected chi connectivity index (χ3v) is 5.12. The van der Waals surface area contributed by atoms with Gasteiger partial charge in [0.15, 0.2) is 0 Å². The summed E-state index contributed by atoms with van der Waals surface area (Å²) in [7, 11) is 0. The van der Waals surface area contributed by atoms with Crippen LogP contribution in [-0.2, 0) is 9.53 Å². The van der Waals surface area contributed by atoms with Crippen LogP contribution >= 0.6 is 11.8 Å². The molecule has 2 amide bonds. The third kappa shape index (κ3) is 3.52. The standard InChI is InChI=1S/C15H19N3O3S/c19-13(10-22-12-2-6-16-7-3-12)18-8-1-4-15(5-9-18)11-17-14(20)21-15/h2-3,6-7H,1,4-5,8-11H2,(H,17,20)/t15-/m0/s1. The number of aromatic nitrogens is 1. The predicted octanol–water partition coefficient (Wildman–Crippen LogP) is 1.66. The van der Waals surface area contributed by atoms with Crippen molar-refractivity contribution >= 4 is 23.8 Å². The molecule has 1 N–H and O–H groups in total. The number of nitrogens with zero attached hydrogens (tertiary/aromatic N) is 2. The fourth-order valence-electron chi connectivity index (χ4n) is 2.87. The van der Waals surface area contributed by atoms with Crippen LogP contribution in [0.2, 0.25) is 0 Å². The Balaban J connectivity index is 1.52. The molecule has 1 atom stereocenters. The van der Waals surface area contributed by atoms with Crippen molar-refractivity contribution in [3.05, 3.63) is 24.5 Å². The first-order valence-corrected chi connectivity index (χ1v) is 8.43. The van der Waals surface area contributed by atoms with Gasteiger partial charge in [0.25, 0.3) is 0 Å². The highest BCUT2D eigenvalue weighted by molar-refractivity contribution is 8.00. The Morgan fingerprint density at radius 1 is 1.36 bits per heavy atom. The molecule has 2 saturated heterocycles. The largest absolute Gasteiger partial charge is 0.441 e. The fraction of sp³-hybridized carbons (Fsp3) is 0.533. The van der Waals surface area contributed by atoms with E-state index in [1.165, 1.54) is 11.8 Å². The van der Waals surface area contributed by atoms with Crippen molar-refractivity contribution < 1.29 is 14.3 Å². The van der Waals surface area contributed by atoms with E-state index in [0.717, 1.165) is 24.3 Å².